The van der Waals surface area contributed by atoms with Crippen molar-refractivity contribution in [2.45, 2.75) is 32.9 Å². The Balaban J connectivity index is 1.92. The van der Waals surface area contributed by atoms with E-state index in [9.17, 15) is 0 Å². The lowest BCUT2D eigenvalue weighted by molar-refractivity contribution is 0.425. The van der Waals surface area contributed by atoms with Crippen LogP contribution in [0.25, 0.3) is 0 Å². The van der Waals surface area contributed by atoms with E-state index in [4.69, 9.17) is 4.42 Å². The van der Waals surface area contributed by atoms with E-state index < -0.39 is 0 Å². The predicted octanol–water partition coefficient (Wildman–Crippen LogP) is 3.91. The first kappa shape index (κ1) is 12.8. The van der Waals surface area contributed by atoms with Crippen LogP contribution < -0.4 is 5.32 Å². The normalized spacial score (nSPS) is 12.9. The zero-order chi connectivity index (χ0) is 12.3. The topological polar surface area (TPSA) is 38.1 Å². The van der Waals surface area contributed by atoms with Gasteiger partial charge in [-0.1, -0.05) is 6.92 Å². The van der Waals surface area contributed by atoms with E-state index in [2.05, 4.69) is 51.5 Å². The van der Waals surface area contributed by atoms with E-state index in [0.717, 1.165) is 22.5 Å². The molecule has 0 fully saturated rings. The van der Waals surface area contributed by atoms with Crippen LogP contribution in [0.1, 0.15) is 36.4 Å². The molecule has 2 aromatic rings. The van der Waals surface area contributed by atoms with Gasteiger partial charge in [-0.15, -0.1) is 11.3 Å². The maximum atomic E-state index is 5.55. The van der Waals surface area contributed by atoms with Crippen LogP contribution in [-0.4, -0.2) is 4.98 Å². The second-order valence-corrected chi connectivity index (χ2v) is 5.61. The average Bonchev–Trinajstić information content (AvgIpc) is 2.94. The Morgan fingerprint density at radius 2 is 2.41 bits per heavy atom. The average molecular weight is 315 g/mol. The fraction of sp³-hybridized carbons (Fsp3) is 0.417. The summed E-state index contributed by atoms with van der Waals surface area (Å²) in [6.45, 7) is 4.86. The van der Waals surface area contributed by atoms with E-state index >= 15 is 0 Å². The Labute approximate surface area is 113 Å². The summed E-state index contributed by atoms with van der Waals surface area (Å²) in [5, 5.41) is 5.48. The zero-order valence-corrected chi connectivity index (χ0v) is 12.3. The number of halogens is 1. The molecule has 0 saturated heterocycles. The number of nitrogens with one attached hydrogen (secondary N) is 1. The molecule has 2 aromatic heterocycles. The SMILES string of the molecule is CCc1cnc(CNC(C)c2sccc2Br)o1. The third kappa shape index (κ3) is 3.18. The summed E-state index contributed by atoms with van der Waals surface area (Å²) < 4.78 is 6.71. The summed E-state index contributed by atoms with van der Waals surface area (Å²) in [4.78, 5) is 5.52. The molecule has 5 heteroatoms. The summed E-state index contributed by atoms with van der Waals surface area (Å²) in [6.07, 6.45) is 2.68. The Bertz CT molecular complexity index is 480. The van der Waals surface area contributed by atoms with Crippen molar-refractivity contribution in [2.24, 2.45) is 0 Å². The minimum atomic E-state index is 0.293. The number of nitrogens with zero attached hydrogens (tertiary/aromatic N) is 1. The number of aryl methyl sites for hydroxylation is 1. The molecular formula is C12H15BrN2OS. The lowest BCUT2D eigenvalue weighted by Gasteiger charge is -2.11. The quantitative estimate of drug-likeness (QED) is 0.909. The van der Waals surface area contributed by atoms with Gasteiger partial charge in [-0.2, -0.15) is 0 Å². The molecule has 1 atom stereocenters. The van der Waals surface area contributed by atoms with Gasteiger partial charge in [-0.05, 0) is 34.3 Å². The lowest BCUT2D eigenvalue weighted by atomic mass is 10.3. The van der Waals surface area contributed by atoms with Gasteiger partial charge in [0.05, 0.1) is 12.7 Å². The highest BCUT2D eigenvalue weighted by Gasteiger charge is 2.11. The molecule has 2 rings (SSSR count). The Kier molecular flexibility index (Phi) is 4.36. The van der Waals surface area contributed by atoms with Crippen LogP contribution in [0.5, 0.6) is 0 Å². The summed E-state index contributed by atoms with van der Waals surface area (Å²) in [5.74, 6) is 1.69. The van der Waals surface area contributed by atoms with Crippen molar-refractivity contribution in [2.75, 3.05) is 0 Å². The lowest BCUT2D eigenvalue weighted by Crippen LogP contribution is -2.17. The standard InChI is InChI=1S/C12H15BrN2OS/c1-3-9-6-15-11(16-9)7-14-8(2)12-10(13)4-5-17-12/h4-6,8,14H,3,7H2,1-2H3. The molecule has 0 radical (unpaired) electrons. The number of hydrogen-bond acceptors (Lipinski definition) is 4. The number of rotatable bonds is 5. The molecule has 1 N–H and O–H groups in total. The van der Waals surface area contributed by atoms with Gasteiger partial charge in [0.2, 0.25) is 5.89 Å². The molecule has 0 aromatic carbocycles. The molecule has 0 amide bonds. The van der Waals surface area contributed by atoms with E-state index in [0.29, 0.717) is 12.6 Å². The second-order valence-electron chi connectivity index (χ2n) is 3.81. The molecule has 0 bridgehead atoms. The van der Waals surface area contributed by atoms with Crippen molar-refractivity contribution in [1.82, 2.24) is 10.3 Å². The van der Waals surface area contributed by atoms with Crippen molar-refractivity contribution >= 4 is 27.3 Å². The van der Waals surface area contributed by atoms with Gasteiger partial charge in [0.1, 0.15) is 5.76 Å². The van der Waals surface area contributed by atoms with Crippen molar-refractivity contribution < 1.29 is 4.42 Å². The maximum Gasteiger partial charge on any atom is 0.208 e. The third-order valence-corrected chi connectivity index (χ3v) is 4.60. The molecule has 0 aliphatic heterocycles. The highest BCUT2D eigenvalue weighted by atomic mass is 79.9. The highest BCUT2D eigenvalue weighted by molar-refractivity contribution is 9.10. The summed E-state index contributed by atoms with van der Waals surface area (Å²) in [5.41, 5.74) is 0. The van der Waals surface area contributed by atoms with Crippen molar-refractivity contribution in [1.29, 1.82) is 0 Å². The van der Waals surface area contributed by atoms with Crippen molar-refractivity contribution in [3.8, 4) is 0 Å². The summed E-state index contributed by atoms with van der Waals surface area (Å²) in [6, 6.07) is 2.36. The minimum absolute atomic E-state index is 0.293. The van der Waals surface area contributed by atoms with E-state index in [1.165, 1.54) is 4.88 Å². The fourth-order valence-electron chi connectivity index (χ4n) is 1.54. The molecule has 92 valence electrons. The molecule has 0 aliphatic rings. The van der Waals surface area contributed by atoms with Gasteiger partial charge in [0, 0.05) is 21.8 Å². The Morgan fingerprint density at radius 3 is 3.00 bits per heavy atom. The number of thiophene rings is 1. The second kappa shape index (κ2) is 5.80. The first-order valence-corrected chi connectivity index (χ1v) is 7.27. The van der Waals surface area contributed by atoms with Gasteiger partial charge < -0.3 is 9.73 Å². The smallest absolute Gasteiger partial charge is 0.208 e. The fourth-order valence-corrected chi connectivity index (χ4v) is 3.29. The third-order valence-electron chi connectivity index (χ3n) is 2.55. The van der Waals surface area contributed by atoms with Crippen LogP contribution in [0.15, 0.2) is 26.5 Å². The molecule has 2 heterocycles. The van der Waals surface area contributed by atoms with Crippen LogP contribution >= 0.6 is 27.3 Å². The van der Waals surface area contributed by atoms with Gasteiger partial charge in [-0.25, -0.2) is 4.98 Å². The molecular weight excluding hydrogens is 300 g/mol. The predicted molar refractivity (Wildman–Crippen MR) is 73.2 cm³/mol. The van der Waals surface area contributed by atoms with E-state index in [-0.39, 0.29) is 0 Å². The van der Waals surface area contributed by atoms with Gasteiger partial charge in [0.15, 0.2) is 0 Å². The highest BCUT2D eigenvalue weighted by Crippen LogP contribution is 2.28. The first-order valence-electron chi connectivity index (χ1n) is 5.60. The molecule has 0 saturated carbocycles. The number of aromatic nitrogens is 1. The van der Waals surface area contributed by atoms with Crippen LogP contribution in [0.2, 0.25) is 0 Å². The largest absolute Gasteiger partial charge is 0.444 e. The van der Waals surface area contributed by atoms with Gasteiger partial charge >= 0.3 is 0 Å². The van der Waals surface area contributed by atoms with Crippen LogP contribution in [-0.2, 0) is 13.0 Å². The Morgan fingerprint density at radius 1 is 1.59 bits per heavy atom. The molecule has 1 unspecified atom stereocenters. The number of hydrogen-bond donors (Lipinski definition) is 1. The van der Waals surface area contributed by atoms with Crippen molar-refractivity contribution in [3.63, 3.8) is 0 Å². The monoisotopic (exact) mass is 314 g/mol. The van der Waals surface area contributed by atoms with Crippen molar-refractivity contribution in [3.05, 3.63) is 38.6 Å². The Hall–Kier alpha value is -0.650. The molecule has 17 heavy (non-hydrogen) atoms. The zero-order valence-electron chi connectivity index (χ0n) is 9.87. The first-order chi connectivity index (χ1) is 8.20. The molecule has 0 aliphatic carbocycles. The molecule has 0 spiro atoms. The van der Waals surface area contributed by atoms with Crippen LogP contribution in [0, 0.1) is 0 Å². The van der Waals surface area contributed by atoms with E-state index in [1.54, 1.807) is 17.5 Å². The summed E-state index contributed by atoms with van der Waals surface area (Å²) >= 11 is 5.28. The van der Waals surface area contributed by atoms with Crippen LogP contribution in [0.4, 0.5) is 0 Å². The van der Waals surface area contributed by atoms with Gasteiger partial charge in [0.25, 0.3) is 0 Å². The summed E-state index contributed by atoms with van der Waals surface area (Å²) in [7, 11) is 0. The molecule has 3 nitrogen and oxygen atoms in total. The van der Waals surface area contributed by atoms with E-state index in [1.807, 2.05) is 0 Å². The van der Waals surface area contributed by atoms with Gasteiger partial charge in [-0.3, -0.25) is 0 Å². The minimum Gasteiger partial charge on any atom is -0.444 e. The maximum absolute atomic E-state index is 5.55. The van der Waals surface area contributed by atoms with Crippen LogP contribution in [0.3, 0.4) is 0 Å². The number of oxazole rings is 1.